The molecule has 1 heterocycles. The summed E-state index contributed by atoms with van der Waals surface area (Å²) in [5.41, 5.74) is 0.559. The maximum atomic E-state index is 13.2. The second-order valence-electron chi connectivity index (χ2n) is 4.27. The van der Waals surface area contributed by atoms with E-state index in [1.54, 1.807) is 0 Å². The largest absolute Gasteiger partial charge is 0.409 e. The van der Waals surface area contributed by atoms with Gasteiger partial charge in [0.1, 0.15) is 5.82 Å². The first-order valence-electron chi connectivity index (χ1n) is 6.24. The van der Waals surface area contributed by atoms with Gasteiger partial charge >= 0.3 is 0 Å². The van der Waals surface area contributed by atoms with Crippen molar-refractivity contribution in [3.63, 3.8) is 0 Å². The molecule has 0 fully saturated rings. The molecule has 0 saturated carbocycles. The van der Waals surface area contributed by atoms with Crippen molar-refractivity contribution in [3.05, 3.63) is 34.2 Å². The van der Waals surface area contributed by atoms with Crippen molar-refractivity contribution in [1.29, 1.82) is 0 Å². The molecule has 2 rings (SSSR count). The summed E-state index contributed by atoms with van der Waals surface area (Å²) in [6.45, 7) is -0.392. The highest BCUT2D eigenvalue weighted by molar-refractivity contribution is 9.10. The van der Waals surface area contributed by atoms with Crippen LogP contribution < -0.4 is 5.32 Å². The molecule has 0 aliphatic carbocycles. The number of oxime groups is 1. The lowest BCUT2D eigenvalue weighted by Gasteiger charge is -2.08. The molecule has 2 aromatic rings. The van der Waals surface area contributed by atoms with E-state index in [1.807, 2.05) is 0 Å². The average molecular weight is 407 g/mol. The third kappa shape index (κ3) is 4.64. The first-order chi connectivity index (χ1) is 11.0. The van der Waals surface area contributed by atoms with Crippen LogP contribution in [0.4, 0.5) is 10.1 Å². The predicted octanol–water partition coefficient (Wildman–Crippen LogP) is 1.66. The Morgan fingerprint density at radius 2 is 2.26 bits per heavy atom. The molecule has 124 valence electrons. The monoisotopic (exact) mass is 406 g/mol. The molecule has 4 N–H and O–H groups in total. The number of aromatic nitrogens is 2. The second-order valence-corrected chi connectivity index (χ2v) is 6.13. The standard InChI is InChI=1S/C12H12BrFN4O4S/c13-8-3-6(1-2-9(8)14)15-11(16-21)10-12(18-22-17-10)23-5-7(20)4-19/h1-3,7,19-21H,4-5H2,(H,15,16). The minimum Gasteiger partial charge on any atom is -0.409 e. The molecule has 0 amide bonds. The van der Waals surface area contributed by atoms with E-state index in [1.165, 1.54) is 18.2 Å². The lowest BCUT2D eigenvalue weighted by atomic mass is 10.3. The topological polar surface area (TPSA) is 124 Å². The van der Waals surface area contributed by atoms with Crippen LogP contribution in [0.25, 0.3) is 0 Å². The van der Waals surface area contributed by atoms with Gasteiger partial charge < -0.3 is 20.7 Å². The molecule has 0 radical (unpaired) electrons. The zero-order chi connectivity index (χ0) is 16.8. The van der Waals surface area contributed by atoms with E-state index in [9.17, 15) is 9.50 Å². The van der Waals surface area contributed by atoms with Crippen LogP contribution in [0.1, 0.15) is 5.69 Å². The first-order valence-corrected chi connectivity index (χ1v) is 8.01. The Balaban J connectivity index is 2.15. The van der Waals surface area contributed by atoms with Gasteiger partial charge in [-0.05, 0) is 44.4 Å². The van der Waals surface area contributed by atoms with Gasteiger partial charge in [0.2, 0.25) is 5.84 Å². The SMILES string of the molecule is OCC(O)CSc1nonc1/C(=N/O)Nc1ccc(F)c(Br)c1. The average Bonchev–Trinajstić information content (AvgIpc) is 3.01. The fraction of sp³-hybridized carbons (Fsp3) is 0.250. The highest BCUT2D eigenvalue weighted by Crippen LogP contribution is 2.23. The van der Waals surface area contributed by atoms with Gasteiger partial charge in [0.25, 0.3) is 0 Å². The predicted molar refractivity (Wildman–Crippen MR) is 84.2 cm³/mol. The molecule has 1 aromatic heterocycles. The summed E-state index contributed by atoms with van der Waals surface area (Å²) < 4.78 is 18.1. The van der Waals surface area contributed by atoms with E-state index >= 15 is 0 Å². The number of nitrogens with one attached hydrogen (secondary N) is 1. The second kappa shape index (κ2) is 8.24. The Morgan fingerprint density at radius 3 is 2.91 bits per heavy atom. The Bertz CT molecular complexity index is 699. The summed E-state index contributed by atoms with van der Waals surface area (Å²) in [7, 11) is 0. The van der Waals surface area contributed by atoms with E-state index in [-0.39, 0.29) is 26.8 Å². The molecule has 0 saturated heterocycles. The minimum atomic E-state index is -0.930. The highest BCUT2D eigenvalue weighted by Gasteiger charge is 2.19. The molecule has 23 heavy (non-hydrogen) atoms. The summed E-state index contributed by atoms with van der Waals surface area (Å²) in [4.78, 5) is 0. The number of halogens is 2. The van der Waals surface area contributed by atoms with Crippen molar-refractivity contribution in [2.24, 2.45) is 5.16 Å². The number of amidine groups is 1. The maximum Gasteiger partial charge on any atom is 0.202 e. The summed E-state index contributed by atoms with van der Waals surface area (Å²) in [5, 5.41) is 40.7. The number of benzene rings is 1. The maximum absolute atomic E-state index is 13.2. The molecule has 0 spiro atoms. The number of nitrogens with zero attached hydrogens (tertiary/aromatic N) is 3. The van der Waals surface area contributed by atoms with Gasteiger partial charge in [-0.15, -0.1) is 0 Å². The Morgan fingerprint density at radius 1 is 1.48 bits per heavy atom. The zero-order valence-corrected chi connectivity index (χ0v) is 13.9. The van der Waals surface area contributed by atoms with Crippen LogP contribution in [-0.4, -0.2) is 50.0 Å². The van der Waals surface area contributed by atoms with E-state index in [2.05, 4.69) is 41.3 Å². The van der Waals surface area contributed by atoms with Gasteiger partial charge in [0, 0.05) is 11.4 Å². The van der Waals surface area contributed by atoms with Crippen LogP contribution in [0.3, 0.4) is 0 Å². The fourth-order valence-electron chi connectivity index (χ4n) is 1.49. The quantitative estimate of drug-likeness (QED) is 0.187. The van der Waals surface area contributed by atoms with Gasteiger partial charge in [-0.1, -0.05) is 16.9 Å². The Labute approximate surface area is 142 Å². The Hall–Kier alpha value is -1.69. The van der Waals surface area contributed by atoms with Crippen molar-refractivity contribution in [1.82, 2.24) is 10.3 Å². The molecule has 1 aromatic carbocycles. The van der Waals surface area contributed by atoms with Gasteiger partial charge in [0.15, 0.2) is 10.7 Å². The zero-order valence-electron chi connectivity index (χ0n) is 11.5. The van der Waals surface area contributed by atoms with Crippen molar-refractivity contribution in [2.45, 2.75) is 11.1 Å². The molecule has 0 aliphatic heterocycles. The van der Waals surface area contributed by atoms with Crippen LogP contribution in [0.5, 0.6) is 0 Å². The number of hydrogen-bond acceptors (Lipinski definition) is 8. The molecular weight excluding hydrogens is 395 g/mol. The summed E-state index contributed by atoms with van der Waals surface area (Å²) in [6, 6.07) is 4.13. The van der Waals surface area contributed by atoms with Gasteiger partial charge in [-0.2, -0.15) is 0 Å². The van der Waals surface area contributed by atoms with Crippen LogP contribution in [0, 0.1) is 5.82 Å². The minimum absolute atomic E-state index is 0.0641. The van der Waals surface area contributed by atoms with Gasteiger partial charge in [-0.3, -0.25) is 0 Å². The van der Waals surface area contributed by atoms with E-state index in [0.29, 0.717) is 5.69 Å². The van der Waals surface area contributed by atoms with Crippen molar-refractivity contribution in [2.75, 3.05) is 17.7 Å². The smallest absolute Gasteiger partial charge is 0.202 e. The molecule has 1 atom stereocenters. The lowest BCUT2D eigenvalue weighted by Crippen LogP contribution is -2.17. The number of rotatable bonds is 6. The third-order valence-corrected chi connectivity index (χ3v) is 4.29. The molecule has 0 aliphatic rings. The molecule has 1 unspecified atom stereocenters. The molecule has 8 nitrogen and oxygen atoms in total. The van der Waals surface area contributed by atoms with E-state index < -0.39 is 18.5 Å². The Kier molecular flexibility index (Phi) is 6.33. The normalized spacial score (nSPS) is 13.1. The third-order valence-electron chi connectivity index (χ3n) is 2.59. The lowest BCUT2D eigenvalue weighted by molar-refractivity contribution is 0.113. The van der Waals surface area contributed by atoms with E-state index in [0.717, 1.165) is 11.8 Å². The molecule has 11 heteroatoms. The summed E-state index contributed by atoms with van der Waals surface area (Å²) >= 11 is 4.12. The van der Waals surface area contributed by atoms with Crippen LogP contribution >= 0.6 is 27.7 Å². The number of hydrogen-bond donors (Lipinski definition) is 4. The first kappa shape index (κ1) is 17.7. The molecular formula is C12H12BrFN4O4S. The number of aliphatic hydroxyl groups excluding tert-OH is 2. The number of aliphatic hydroxyl groups is 2. The fourth-order valence-corrected chi connectivity index (χ4v) is 2.68. The number of anilines is 1. The van der Waals surface area contributed by atoms with Crippen molar-refractivity contribution < 1.29 is 24.4 Å². The van der Waals surface area contributed by atoms with Gasteiger partial charge in [0.05, 0.1) is 17.2 Å². The van der Waals surface area contributed by atoms with Crippen molar-refractivity contribution in [3.8, 4) is 0 Å². The number of thioether (sulfide) groups is 1. The van der Waals surface area contributed by atoms with Crippen LogP contribution in [-0.2, 0) is 0 Å². The van der Waals surface area contributed by atoms with Crippen LogP contribution in [0.2, 0.25) is 0 Å². The highest BCUT2D eigenvalue weighted by atomic mass is 79.9. The van der Waals surface area contributed by atoms with Gasteiger partial charge in [-0.25, -0.2) is 9.02 Å². The van der Waals surface area contributed by atoms with Crippen molar-refractivity contribution >= 4 is 39.2 Å². The summed E-state index contributed by atoms with van der Waals surface area (Å²) in [6.07, 6.45) is -0.930. The van der Waals surface area contributed by atoms with E-state index in [4.69, 9.17) is 10.3 Å². The summed E-state index contributed by atoms with van der Waals surface area (Å²) in [5.74, 6) is -0.348. The molecule has 0 bridgehead atoms. The van der Waals surface area contributed by atoms with Crippen LogP contribution in [0.15, 0.2) is 37.5 Å².